The first-order valence-electron chi connectivity index (χ1n) is 10.3. The molecule has 6 nitrogen and oxygen atoms in total. The maximum Gasteiger partial charge on any atom is 0.132 e. The lowest BCUT2D eigenvalue weighted by Gasteiger charge is -2.25. The van der Waals surface area contributed by atoms with Crippen LogP contribution < -0.4 is 18.9 Å². The Labute approximate surface area is 187 Å². The number of thiazole rings is 1. The summed E-state index contributed by atoms with van der Waals surface area (Å²) in [5.41, 5.74) is 3.25. The van der Waals surface area contributed by atoms with Crippen LogP contribution in [0.1, 0.15) is 30.1 Å². The van der Waals surface area contributed by atoms with Crippen molar-refractivity contribution in [3.8, 4) is 33.6 Å². The van der Waals surface area contributed by atoms with Crippen molar-refractivity contribution in [2.45, 2.75) is 25.4 Å². The molecule has 164 valence electrons. The number of methoxy groups -OCH3 is 4. The fraction of sp³-hybridized carbons (Fsp3) is 0.375. The highest BCUT2D eigenvalue weighted by Crippen LogP contribution is 2.40. The molecule has 0 aliphatic carbocycles. The summed E-state index contributed by atoms with van der Waals surface area (Å²) >= 11 is 1.64. The zero-order valence-electron chi connectivity index (χ0n) is 18.4. The minimum atomic E-state index is 0.307. The molecule has 0 spiro atoms. The van der Waals surface area contributed by atoms with E-state index in [-0.39, 0.29) is 0 Å². The molecule has 2 aromatic carbocycles. The molecular formula is C24H28N2O4S. The number of ether oxygens (including phenoxy) is 4. The molecule has 1 aliphatic rings. The first-order chi connectivity index (χ1) is 15.2. The Morgan fingerprint density at radius 2 is 1.65 bits per heavy atom. The van der Waals surface area contributed by atoms with Gasteiger partial charge >= 0.3 is 0 Å². The Morgan fingerprint density at radius 3 is 2.35 bits per heavy atom. The van der Waals surface area contributed by atoms with Crippen molar-refractivity contribution >= 4 is 11.3 Å². The predicted octanol–water partition coefficient (Wildman–Crippen LogP) is 5.18. The van der Waals surface area contributed by atoms with Crippen LogP contribution in [0.2, 0.25) is 0 Å². The van der Waals surface area contributed by atoms with Crippen LogP contribution in [0.15, 0.2) is 41.8 Å². The zero-order chi connectivity index (χ0) is 21.8. The van der Waals surface area contributed by atoms with Crippen LogP contribution >= 0.6 is 11.3 Å². The summed E-state index contributed by atoms with van der Waals surface area (Å²) in [6.07, 6.45) is 2.26. The van der Waals surface area contributed by atoms with Crippen LogP contribution in [0, 0.1) is 0 Å². The molecule has 0 radical (unpaired) electrons. The maximum atomic E-state index is 5.66. The highest BCUT2D eigenvalue weighted by atomic mass is 32.1. The van der Waals surface area contributed by atoms with Crippen molar-refractivity contribution in [3.63, 3.8) is 0 Å². The van der Waals surface area contributed by atoms with Crippen molar-refractivity contribution in [1.82, 2.24) is 9.88 Å². The number of aromatic nitrogens is 1. The van der Waals surface area contributed by atoms with Gasteiger partial charge in [0.15, 0.2) is 0 Å². The second kappa shape index (κ2) is 9.58. The van der Waals surface area contributed by atoms with Gasteiger partial charge < -0.3 is 18.9 Å². The fourth-order valence-corrected chi connectivity index (χ4v) is 4.99. The molecule has 1 fully saturated rings. The summed E-state index contributed by atoms with van der Waals surface area (Å²) in [6.45, 7) is 1.84. The molecule has 0 bridgehead atoms. The molecule has 1 unspecified atom stereocenters. The van der Waals surface area contributed by atoms with Crippen molar-refractivity contribution in [1.29, 1.82) is 0 Å². The van der Waals surface area contributed by atoms with E-state index in [1.807, 2.05) is 30.3 Å². The van der Waals surface area contributed by atoms with Gasteiger partial charge in [-0.25, -0.2) is 4.98 Å². The number of likely N-dealkylation sites (tertiary alicyclic amines) is 1. The van der Waals surface area contributed by atoms with Crippen LogP contribution in [0.5, 0.6) is 23.0 Å². The molecule has 1 aliphatic heterocycles. The van der Waals surface area contributed by atoms with Crippen LogP contribution in [0.3, 0.4) is 0 Å². The van der Waals surface area contributed by atoms with Crippen molar-refractivity contribution in [3.05, 3.63) is 53.0 Å². The Morgan fingerprint density at radius 1 is 0.935 bits per heavy atom. The van der Waals surface area contributed by atoms with Gasteiger partial charge in [0.1, 0.15) is 28.0 Å². The van der Waals surface area contributed by atoms with E-state index < -0.39 is 0 Å². The summed E-state index contributed by atoms with van der Waals surface area (Å²) in [5, 5.41) is 3.09. The highest BCUT2D eigenvalue weighted by Gasteiger charge is 2.29. The topological polar surface area (TPSA) is 53.1 Å². The Balaban J connectivity index is 1.55. The Kier molecular flexibility index (Phi) is 6.63. The predicted molar refractivity (Wildman–Crippen MR) is 123 cm³/mol. The molecule has 2 heterocycles. The highest BCUT2D eigenvalue weighted by molar-refractivity contribution is 7.13. The van der Waals surface area contributed by atoms with Gasteiger partial charge in [0, 0.05) is 35.7 Å². The molecule has 0 N–H and O–H groups in total. The van der Waals surface area contributed by atoms with Gasteiger partial charge in [0.25, 0.3) is 0 Å². The SMILES string of the molecule is COc1ccc(-c2nc(CN3CCCC3c3ccc(OC)cc3OC)cs2)c(OC)c1. The fourth-order valence-electron chi connectivity index (χ4n) is 4.15. The van der Waals surface area contributed by atoms with Gasteiger partial charge in [0.05, 0.1) is 39.7 Å². The van der Waals surface area contributed by atoms with Crippen molar-refractivity contribution in [2.75, 3.05) is 35.0 Å². The number of hydrogen-bond acceptors (Lipinski definition) is 7. The minimum Gasteiger partial charge on any atom is -0.497 e. The largest absolute Gasteiger partial charge is 0.497 e. The monoisotopic (exact) mass is 440 g/mol. The molecular weight excluding hydrogens is 412 g/mol. The average molecular weight is 441 g/mol. The third kappa shape index (κ3) is 4.48. The van der Waals surface area contributed by atoms with E-state index in [1.165, 1.54) is 5.56 Å². The molecule has 1 atom stereocenters. The number of hydrogen-bond donors (Lipinski definition) is 0. The van der Waals surface area contributed by atoms with Crippen molar-refractivity contribution in [2.24, 2.45) is 0 Å². The number of nitrogens with zero attached hydrogens (tertiary/aromatic N) is 2. The lowest BCUT2D eigenvalue weighted by Crippen LogP contribution is -2.23. The molecule has 7 heteroatoms. The lowest BCUT2D eigenvalue weighted by atomic mass is 10.0. The van der Waals surface area contributed by atoms with Gasteiger partial charge in [-0.2, -0.15) is 0 Å². The van der Waals surface area contributed by atoms with Gasteiger partial charge in [-0.05, 0) is 37.6 Å². The normalized spacial score (nSPS) is 16.3. The lowest BCUT2D eigenvalue weighted by molar-refractivity contribution is 0.240. The third-order valence-electron chi connectivity index (χ3n) is 5.72. The standard InChI is InChI=1S/C24H28N2O4S/c1-27-17-7-9-19(22(12-17)29-3)21-6-5-11-26(21)14-16-15-31-24(25-16)20-10-8-18(28-2)13-23(20)30-4/h7-10,12-13,15,21H,5-6,11,14H2,1-4H3. The van der Waals surface area contributed by atoms with Crippen LogP contribution in [0.25, 0.3) is 10.6 Å². The quantitative estimate of drug-likeness (QED) is 0.481. The smallest absolute Gasteiger partial charge is 0.132 e. The van der Waals surface area contributed by atoms with Crippen LogP contribution in [0.4, 0.5) is 0 Å². The van der Waals surface area contributed by atoms with E-state index in [0.29, 0.717) is 6.04 Å². The van der Waals surface area contributed by atoms with E-state index in [1.54, 1.807) is 39.8 Å². The molecule has 1 aromatic heterocycles. The number of benzene rings is 2. The zero-order valence-corrected chi connectivity index (χ0v) is 19.2. The van der Waals surface area contributed by atoms with E-state index >= 15 is 0 Å². The second-order valence-electron chi connectivity index (χ2n) is 7.45. The molecule has 0 saturated carbocycles. The maximum absolute atomic E-state index is 5.66. The summed E-state index contributed by atoms with van der Waals surface area (Å²) in [6, 6.07) is 12.2. The molecule has 4 rings (SSSR count). The number of rotatable bonds is 8. The summed E-state index contributed by atoms with van der Waals surface area (Å²) in [7, 11) is 6.71. The Bertz CT molecular complexity index is 1040. The first-order valence-corrected chi connectivity index (χ1v) is 11.2. The minimum absolute atomic E-state index is 0.307. The van der Waals surface area contributed by atoms with E-state index in [0.717, 1.165) is 65.2 Å². The van der Waals surface area contributed by atoms with E-state index in [4.69, 9.17) is 23.9 Å². The first kappa shape index (κ1) is 21.5. The summed E-state index contributed by atoms with van der Waals surface area (Å²) in [5.74, 6) is 3.22. The van der Waals surface area contributed by atoms with E-state index in [9.17, 15) is 0 Å². The van der Waals surface area contributed by atoms with Gasteiger partial charge in [-0.1, -0.05) is 6.07 Å². The average Bonchev–Trinajstić information content (AvgIpc) is 3.48. The molecule has 1 saturated heterocycles. The van der Waals surface area contributed by atoms with Gasteiger partial charge in [-0.15, -0.1) is 11.3 Å². The van der Waals surface area contributed by atoms with Gasteiger partial charge in [0.2, 0.25) is 0 Å². The molecule has 0 amide bonds. The van der Waals surface area contributed by atoms with Crippen LogP contribution in [-0.2, 0) is 6.54 Å². The summed E-state index contributed by atoms with van der Waals surface area (Å²) < 4.78 is 21.9. The molecule has 31 heavy (non-hydrogen) atoms. The van der Waals surface area contributed by atoms with Crippen molar-refractivity contribution < 1.29 is 18.9 Å². The van der Waals surface area contributed by atoms with Crippen LogP contribution in [-0.4, -0.2) is 44.9 Å². The van der Waals surface area contributed by atoms with Gasteiger partial charge in [-0.3, -0.25) is 4.90 Å². The third-order valence-corrected chi connectivity index (χ3v) is 6.64. The summed E-state index contributed by atoms with van der Waals surface area (Å²) in [4.78, 5) is 7.39. The van der Waals surface area contributed by atoms with E-state index in [2.05, 4.69) is 16.3 Å². The Hall–Kier alpha value is -2.77. The second-order valence-corrected chi connectivity index (χ2v) is 8.30. The molecule has 3 aromatic rings.